The molecular weight excluding hydrogens is 192 g/mol. The van der Waals surface area contributed by atoms with Crippen molar-refractivity contribution in [2.24, 2.45) is 0 Å². The lowest BCUT2D eigenvalue weighted by Crippen LogP contribution is -2.39. The van der Waals surface area contributed by atoms with Gasteiger partial charge in [0.25, 0.3) is 0 Å². The van der Waals surface area contributed by atoms with Gasteiger partial charge in [0.05, 0.1) is 6.42 Å². The Bertz CT molecular complexity index is 223. The number of unbranched alkanes of at least 4 members (excludes halogenated alkanes) is 1. The Balaban J connectivity index is 4.27. The molecule has 0 spiro atoms. The summed E-state index contributed by atoms with van der Waals surface area (Å²) in [5, 5.41) is 0. The molecule has 0 radical (unpaired) electrons. The van der Waals surface area contributed by atoms with E-state index in [0.717, 1.165) is 12.8 Å². The van der Waals surface area contributed by atoms with Gasteiger partial charge in [-0.3, -0.25) is 9.59 Å². The molecule has 1 atom stereocenters. The first kappa shape index (κ1) is 14.3. The summed E-state index contributed by atoms with van der Waals surface area (Å²) in [7, 11) is 0. The minimum atomic E-state index is -0.777. The lowest BCUT2D eigenvalue weighted by Gasteiger charge is -2.26. The van der Waals surface area contributed by atoms with Crippen molar-refractivity contribution in [3.8, 4) is 0 Å². The van der Waals surface area contributed by atoms with Crippen LogP contribution in [0, 0.1) is 0 Å². The summed E-state index contributed by atoms with van der Waals surface area (Å²) in [6.45, 7) is 7.77. The topological polar surface area (TPSA) is 43.4 Å². The molecular formula is C12H22O3. The zero-order chi connectivity index (χ0) is 11.9. The van der Waals surface area contributed by atoms with Crippen molar-refractivity contribution in [3.63, 3.8) is 0 Å². The maximum absolute atomic E-state index is 11.8. The van der Waals surface area contributed by atoms with Crippen LogP contribution in [0.1, 0.15) is 53.4 Å². The minimum Gasteiger partial charge on any atom is -0.368 e. The maximum Gasteiger partial charge on any atom is 0.171 e. The number of rotatable bonds is 8. The van der Waals surface area contributed by atoms with Crippen molar-refractivity contribution >= 4 is 11.6 Å². The van der Waals surface area contributed by atoms with E-state index in [0.29, 0.717) is 13.0 Å². The summed E-state index contributed by atoms with van der Waals surface area (Å²) in [4.78, 5) is 22.6. The van der Waals surface area contributed by atoms with Gasteiger partial charge in [-0.25, -0.2) is 0 Å². The zero-order valence-electron chi connectivity index (χ0n) is 10.3. The Morgan fingerprint density at radius 2 is 1.87 bits per heavy atom. The summed E-state index contributed by atoms with van der Waals surface area (Å²) in [6, 6.07) is 0. The molecule has 0 fully saturated rings. The zero-order valence-corrected chi connectivity index (χ0v) is 10.3. The van der Waals surface area contributed by atoms with Crippen molar-refractivity contribution in [3.05, 3.63) is 0 Å². The number of hydrogen-bond acceptors (Lipinski definition) is 3. The fraction of sp³-hybridized carbons (Fsp3) is 0.833. The second-order valence-electron chi connectivity index (χ2n) is 4.09. The van der Waals surface area contributed by atoms with Crippen LogP contribution >= 0.6 is 0 Å². The molecule has 0 aliphatic rings. The third-order valence-electron chi connectivity index (χ3n) is 2.59. The van der Waals surface area contributed by atoms with E-state index in [9.17, 15) is 9.59 Å². The number of ether oxygens (including phenoxy) is 1. The summed E-state index contributed by atoms with van der Waals surface area (Å²) >= 11 is 0. The molecule has 0 heterocycles. The van der Waals surface area contributed by atoms with Crippen LogP contribution in [-0.4, -0.2) is 23.8 Å². The van der Waals surface area contributed by atoms with Crippen molar-refractivity contribution in [1.29, 1.82) is 0 Å². The molecule has 88 valence electrons. The molecule has 3 nitrogen and oxygen atoms in total. The highest BCUT2D eigenvalue weighted by molar-refractivity contribution is 6.01. The van der Waals surface area contributed by atoms with Gasteiger partial charge >= 0.3 is 0 Å². The molecule has 0 N–H and O–H groups in total. The van der Waals surface area contributed by atoms with Gasteiger partial charge in [0.15, 0.2) is 5.78 Å². The van der Waals surface area contributed by atoms with Crippen molar-refractivity contribution in [2.75, 3.05) is 6.61 Å². The molecule has 0 saturated carbocycles. The maximum atomic E-state index is 11.8. The number of ketones is 2. The van der Waals surface area contributed by atoms with Crippen molar-refractivity contribution in [1.82, 2.24) is 0 Å². The summed E-state index contributed by atoms with van der Waals surface area (Å²) in [5.74, 6) is -0.202. The normalized spacial score (nSPS) is 14.7. The largest absolute Gasteiger partial charge is 0.368 e. The van der Waals surface area contributed by atoms with Crippen LogP contribution in [0.4, 0.5) is 0 Å². The molecule has 0 aliphatic carbocycles. The average molecular weight is 214 g/mol. The standard InChI is InChI=1S/C12H22O3/c1-5-7-8-15-12(4,6-2)11(14)9-10(3)13/h5-9H2,1-4H3. The monoisotopic (exact) mass is 214 g/mol. The number of hydrogen-bond donors (Lipinski definition) is 0. The Labute approximate surface area is 92.2 Å². The Morgan fingerprint density at radius 1 is 1.27 bits per heavy atom. The van der Waals surface area contributed by atoms with Crippen LogP contribution in [0.25, 0.3) is 0 Å². The van der Waals surface area contributed by atoms with Gasteiger partial charge in [0.2, 0.25) is 0 Å². The molecule has 3 heteroatoms. The molecule has 0 saturated heterocycles. The first-order valence-electron chi connectivity index (χ1n) is 5.63. The van der Waals surface area contributed by atoms with E-state index in [1.807, 2.05) is 6.92 Å². The highest BCUT2D eigenvalue weighted by atomic mass is 16.5. The van der Waals surface area contributed by atoms with Crippen LogP contribution in [-0.2, 0) is 14.3 Å². The third kappa shape index (κ3) is 5.07. The Morgan fingerprint density at radius 3 is 2.27 bits per heavy atom. The summed E-state index contributed by atoms with van der Waals surface area (Å²) in [5.41, 5.74) is -0.777. The quantitative estimate of drug-likeness (QED) is 0.460. The van der Waals surface area contributed by atoms with Crippen LogP contribution in [0.15, 0.2) is 0 Å². The summed E-state index contributed by atoms with van der Waals surface area (Å²) in [6.07, 6.45) is 2.59. The smallest absolute Gasteiger partial charge is 0.171 e. The Kier molecular flexibility index (Phi) is 6.41. The molecule has 0 aromatic carbocycles. The predicted molar refractivity (Wildman–Crippen MR) is 59.9 cm³/mol. The van der Waals surface area contributed by atoms with Gasteiger partial charge in [-0.1, -0.05) is 20.3 Å². The van der Waals surface area contributed by atoms with Gasteiger partial charge < -0.3 is 4.74 Å². The van der Waals surface area contributed by atoms with E-state index >= 15 is 0 Å². The molecule has 0 rings (SSSR count). The van der Waals surface area contributed by atoms with Crippen molar-refractivity contribution < 1.29 is 14.3 Å². The third-order valence-corrected chi connectivity index (χ3v) is 2.59. The second-order valence-corrected chi connectivity index (χ2v) is 4.09. The molecule has 0 amide bonds. The van der Waals surface area contributed by atoms with E-state index < -0.39 is 5.60 Å². The average Bonchev–Trinajstić information content (AvgIpc) is 2.16. The van der Waals surface area contributed by atoms with Gasteiger partial charge in [0.1, 0.15) is 11.4 Å². The Hall–Kier alpha value is -0.700. The van der Waals surface area contributed by atoms with E-state index in [1.165, 1.54) is 6.92 Å². The summed E-state index contributed by atoms with van der Waals surface area (Å²) < 4.78 is 5.58. The first-order chi connectivity index (χ1) is 6.96. The molecule has 0 bridgehead atoms. The number of Topliss-reactive ketones (excluding diaryl/α,β-unsaturated/α-hetero) is 2. The fourth-order valence-electron chi connectivity index (χ4n) is 1.23. The highest BCUT2D eigenvalue weighted by Gasteiger charge is 2.32. The van der Waals surface area contributed by atoms with E-state index in [2.05, 4.69) is 6.92 Å². The van der Waals surface area contributed by atoms with E-state index in [4.69, 9.17) is 4.74 Å². The van der Waals surface area contributed by atoms with Gasteiger partial charge in [0, 0.05) is 6.61 Å². The SMILES string of the molecule is CCCCOC(C)(CC)C(=O)CC(C)=O. The van der Waals surface area contributed by atoms with Gasteiger partial charge in [-0.05, 0) is 26.7 Å². The van der Waals surface area contributed by atoms with Crippen LogP contribution in [0.5, 0.6) is 0 Å². The lowest BCUT2D eigenvalue weighted by atomic mass is 9.94. The second kappa shape index (κ2) is 6.72. The van der Waals surface area contributed by atoms with Gasteiger partial charge in [-0.2, -0.15) is 0 Å². The molecule has 0 aliphatic heterocycles. The number of carbonyl (C=O) groups excluding carboxylic acids is 2. The van der Waals surface area contributed by atoms with E-state index in [-0.39, 0.29) is 18.0 Å². The highest BCUT2D eigenvalue weighted by Crippen LogP contribution is 2.19. The number of carbonyl (C=O) groups is 2. The van der Waals surface area contributed by atoms with Crippen LogP contribution in [0.3, 0.4) is 0 Å². The predicted octanol–water partition coefficient (Wildman–Crippen LogP) is 2.52. The van der Waals surface area contributed by atoms with Crippen LogP contribution < -0.4 is 0 Å². The first-order valence-corrected chi connectivity index (χ1v) is 5.63. The minimum absolute atomic E-state index is 0.0174. The van der Waals surface area contributed by atoms with Gasteiger partial charge in [-0.15, -0.1) is 0 Å². The molecule has 1 unspecified atom stereocenters. The molecule has 0 aromatic rings. The van der Waals surface area contributed by atoms with E-state index in [1.54, 1.807) is 6.92 Å². The molecule has 0 aromatic heterocycles. The van der Waals surface area contributed by atoms with Crippen molar-refractivity contribution in [2.45, 2.75) is 59.0 Å². The van der Waals surface area contributed by atoms with Crippen LogP contribution in [0.2, 0.25) is 0 Å². The fourth-order valence-corrected chi connectivity index (χ4v) is 1.23. The molecule has 15 heavy (non-hydrogen) atoms. The lowest BCUT2D eigenvalue weighted by molar-refractivity contribution is -0.145.